The third-order valence-electron chi connectivity index (χ3n) is 2.33. The molecule has 0 radical (unpaired) electrons. The molecule has 0 fully saturated rings. The van der Waals surface area contributed by atoms with Crippen LogP contribution in [0.15, 0.2) is 47.4 Å². The van der Waals surface area contributed by atoms with Crippen molar-refractivity contribution in [3.05, 3.63) is 59.4 Å². The smallest absolute Gasteiger partial charge is 0.150 e. The Balaban J connectivity index is 2.04. The lowest BCUT2D eigenvalue weighted by Gasteiger charge is -2.02. The lowest BCUT2D eigenvalue weighted by atomic mass is 10.2. The number of pyridine rings is 1. The molecule has 0 aliphatic rings. The number of thioether (sulfide) groups is 1. The molecule has 0 aliphatic heterocycles. The van der Waals surface area contributed by atoms with E-state index in [1.54, 1.807) is 11.8 Å². The number of carbonyl (C=O) groups is 1. The van der Waals surface area contributed by atoms with Crippen LogP contribution in [-0.4, -0.2) is 11.3 Å². The van der Waals surface area contributed by atoms with Gasteiger partial charge >= 0.3 is 0 Å². The molecule has 0 bridgehead atoms. The van der Waals surface area contributed by atoms with Gasteiger partial charge in [0.1, 0.15) is 6.29 Å². The molecule has 0 N–H and O–H groups in total. The number of rotatable bonds is 4. The highest BCUT2D eigenvalue weighted by molar-refractivity contribution is 7.98. The summed E-state index contributed by atoms with van der Waals surface area (Å²) in [6.07, 6.45) is 0.870. The summed E-state index contributed by atoms with van der Waals surface area (Å²) < 4.78 is 0. The van der Waals surface area contributed by atoms with Crippen LogP contribution < -0.4 is 0 Å². The molecular weight excluding hydrogens is 230 g/mol. The first-order valence-electron chi connectivity index (χ1n) is 5.38. The molecule has 0 unspecified atom stereocenters. The maximum atomic E-state index is 10.7. The van der Waals surface area contributed by atoms with Crippen molar-refractivity contribution >= 4 is 18.0 Å². The molecule has 0 atom stereocenters. The van der Waals surface area contributed by atoms with Crippen LogP contribution in [0.4, 0.5) is 0 Å². The van der Waals surface area contributed by atoms with E-state index in [0.717, 1.165) is 28.3 Å². The number of nitrogens with zero attached hydrogens (tertiary/aromatic N) is 1. The Labute approximate surface area is 105 Å². The molecule has 2 rings (SSSR count). The van der Waals surface area contributed by atoms with Crippen molar-refractivity contribution in [2.45, 2.75) is 17.6 Å². The maximum Gasteiger partial charge on any atom is 0.150 e. The van der Waals surface area contributed by atoms with Gasteiger partial charge in [-0.3, -0.25) is 9.78 Å². The topological polar surface area (TPSA) is 30.0 Å². The predicted molar refractivity (Wildman–Crippen MR) is 70.4 cm³/mol. The Bertz CT molecular complexity index is 525. The summed E-state index contributed by atoms with van der Waals surface area (Å²) in [5.41, 5.74) is 2.81. The first kappa shape index (κ1) is 11.9. The quantitative estimate of drug-likeness (QED) is 0.608. The van der Waals surface area contributed by atoms with Gasteiger partial charge in [-0.15, -0.1) is 11.8 Å². The van der Waals surface area contributed by atoms with Gasteiger partial charge in [-0.2, -0.15) is 0 Å². The van der Waals surface area contributed by atoms with E-state index in [4.69, 9.17) is 0 Å². The summed E-state index contributed by atoms with van der Waals surface area (Å²) in [5, 5.41) is 0. The number of carbonyl (C=O) groups excluding carboxylic acids is 1. The lowest BCUT2D eigenvalue weighted by Crippen LogP contribution is -1.89. The SMILES string of the molecule is Cc1cccc(CSc2cccc(C=O)c2)n1. The minimum absolute atomic E-state index is 0.715. The van der Waals surface area contributed by atoms with Crippen molar-refractivity contribution in [2.24, 2.45) is 0 Å². The normalized spacial score (nSPS) is 10.2. The van der Waals surface area contributed by atoms with Gasteiger partial charge in [-0.1, -0.05) is 18.2 Å². The third kappa shape index (κ3) is 3.43. The van der Waals surface area contributed by atoms with Gasteiger partial charge in [0, 0.05) is 21.9 Å². The Morgan fingerprint density at radius 1 is 1.24 bits per heavy atom. The summed E-state index contributed by atoms with van der Waals surface area (Å²) in [6.45, 7) is 1.99. The van der Waals surface area contributed by atoms with Gasteiger partial charge in [0.2, 0.25) is 0 Å². The fraction of sp³-hybridized carbons (Fsp3) is 0.143. The number of aldehydes is 1. The predicted octanol–water partition coefficient (Wildman–Crippen LogP) is 3.49. The maximum absolute atomic E-state index is 10.7. The minimum Gasteiger partial charge on any atom is -0.298 e. The molecule has 1 aromatic heterocycles. The van der Waals surface area contributed by atoms with Gasteiger partial charge in [0.25, 0.3) is 0 Å². The summed E-state index contributed by atoms with van der Waals surface area (Å²) in [4.78, 5) is 16.2. The second-order valence-electron chi connectivity index (χ2n) is 3.75. The van der Waals surface area contributed by atoms with Crippen molar-refractivity contribution in [3.63, 3.8) is 0 Å². The molecule has 17 heavy (non-hydrogen) atoms. The number of hydrogen-bond donors (Lipinski definition) is 0. The van der Waals surface area contributed by atoms with Crippen LogP contribution in [0.2, 0.25) is 0 Å². The molecule has 1 heterocycles. The number of aryl methyl sites for hydroxylation is 1. The Kier molecular flexibility index (Phi) is 3.94. The monoisotopic (exact) mass is 243 g/mol. The standard InChI is InChI=1S/C14H13NOS/c1-11-4-2-6-13(15-11)10-17-14-7-3-5-12(8-14)9-16/h2-9H,10H2,1H3. The number of aromatic nitrogens is 1. The Hall–Kier alpha value is -1.61. The Morgan fingerprint density at radius 2 is 2.06 bits per heavy atom. The first-order valence-corrected chi connectivity index (χ1v) is 6.37. The van der Waals surface area contributed by atoms with Crippen molar-refractivity contribution in [3.8, 4) is 0 Å². The minimum atomic E-state index is 0.715. The molecule has 86 valence electrons. The molecule has 1 aromatic carbocycles. The average Bonchev–Trinajstić information content (AvgIpc) is 2.37. The highest BCUT2D eigenvalue weighted by atomic mass is 32.2. The zero-order chi connectivity index (χ0) is 12.1. The van der Waals surface area contributed by atoms with Gasteiger partial charge in [0.15, 0.2) is 0 Å². The first-order chi connectivity index (χ1) is 8.28. The Morgan fingerprint density at radius 3 is 2.82 bits per heavy atom. The second-order valence-corrected chi connectivity index (χ2v) is 4.80. The van der Waals surface area contributed by atoms with Crippen molar-refractivity contribution < 1.29 is 4.79 Å². The van der Waals surface area contributed by atoms with Crippen LogP contribution in [0.3, 0.4) is 0 Å². The van der Waals surface area contributed by atoms with Gasteiger partial charge < -0.3 is 0 Å². The van der Waals surface area contributed by atoms with E-state index in [9.17, 15) is 4.79 Å². The zero-order valence-corrected chi connectivity index (χ0v) is 10.4. The van der Waals surface area contributed by atoms with E-state index in [2.05, 4.69) is 4.98 Å². The van der Waals surface area contributed by atoms with E-state index in [1.807, 2.05) is 49.4 Å². The van der Waals surface area contributed by atoms with E-state index in [1.165, 1.54) is 0 Å². The van der Waals surface area contributed by atoms with Crippen molar-refractivity contribution in [1.82, 2.24) is 4.98 Å². The van der Waals surface area contributed by atoms with Gasteiger partial charge in [0.05, 0.1) is 5.69 Å². The molecular formula is C14H13NOS. The summed E-state index contributed by atoms with van der Waals surface area (Å²) in [6, 6.07) is 13.6. The van der Waals surface area contributed by atoms with Crippen LogP contribution in [0.5, 0.6) is 0 Å². The second kappa shape index (κ2) is 5.64. The molecule has 0 saturated carbocycles. The fourth-order valence-electron chi connectivity index (χ4n) is 1.51. The van der Waals surface area contributed by atoms with Crippen LogP contribution in [-0.2, 0) is 5.75 Å². The van der Waals surface area contributed by atoms with E-state index >= 15 is 0 Å². The molecule has 2 aromatic rings. The molecule has 0 aliphatic carbocycles. The van der Waals surface area contributed by atoms with Crippen molar-refractivity contribution in [1.29, 1.82) is 0 Å². The van der Waals surface area contributed by atoms with Crippen LogP contribution in [0.25, 0.3) is 0 Å². The molecule has 2 nitrogen and oxygen atoms in total. The van der Waals surface area contributed by atoms with E-state index < -0.39 is 0 Å². The van der Waals surface area contributed by atoms with Crippen molar-refractivity contribution in [2.75, 3.05) is 0 Å². The summed E-state index contributed by atoms with van der Waals surface area (Å²) >= 11 is 1.69. The van der Waals surface area contributed by atoms with Crippen LogP contribution in [0, 0.1) is 6.92 Å². The molecule has 3 heteroatoms. The number of benzene rings is 1. The lowest BCUT2D eigenvalue weighted by molar-refractivity contribution is 0.112. The summed E-state index contributed by atoms with van der Waals surface area (Å²) in [5.74, 6) is 0.823. The highest BCUT2D eigenvalue weighted by Gasteiger charge is 1.99. The number of hydrogen-bond acceptors (Lipinski definition) is 3. The van der Waals surface area contributed by atoms with Crippen LogP contribution >= 0.6 is 11.8 Å². The largest absolute Gasteiger partial charge is 0.298 e. The molecule has 0 amide bonds. The summed E-state index contributed by atoms with van der Waals surface area (Å²) in [7, 11) is 0. The molecule has 0 spiro atoms. The zero-order valence-electron chi connectivity index (χ0n) is 9.59. The van der Waals surface area contributed by atoms with Crippen LogP contribution in [0.1, 0.15) is 21.7 Å². The van der Waals surface area contributed by atoms with E-state index in [0.29, 0.717) is 5.56 Å². The molecule has 0 saturated heterocycles. The van der Waals surface area contributed by atoms with E-state index in [-0.39, 0.29) is 0 Å². The fourth-order valence-corrected chi connectivity index (χ4v) is 2.38. The average molecular weight is 243 g/mol. The van der Waals surface area contributed by atoms with Gasteiger partial charge in [-0.05, 0) is 31.2 Å². The third-order valence-corrected chi connectivity index (χ3v) is 3.35. The van der Waals surface area contributed by atoms with Gasteiger partial charge in [-0.25, -0.2) is 0 Å². The highest BCUT2D eigenvalue weighted by Crippen LogP contribution is 2.22.